The molecule has 0 atom stereocenters. The maximum Gasteiger partial charge on any atom is 2.00 e. The Kier molecular flexibility index (Phi) is 7.62. The van der Waals surface area contributed by atoms with Crippen LogP contribution in [-0.4, -0.2) is 20.5 Å². The van der Waals surface area contributed by atoms with Crippen molar-refractivity contribution in [2.24, 2.45) is 0 Å². The Balaban J connectivity index is 0.00000820. The van der Waals surface area contributed by atoms with E-state index in [0.717, 1.165) is 44.1 Å². The number of nitrogens with zero attached hydrogens (tertiary/aromatic N) is 5. The molecule has 0 amide bonds. The van der Waals surface area contributed by atoms with Gasteiger partial charge in [-0.3, -0.25) is 4.98 Å². The van der Waals surface area contributed by atoms with Gasteiger partial charge in [-0.05, 0) is 114 Å². The van der Waals surface area contributed by atoms with Gasteiger partial charge >= 0.3 is 27.1 Å². The first-order chi connectivity index (χ1) is 39.9. The molecule has 7 aromatic carbocycles. The van der Waals surface area contributed by atoms with Crippen LogP contribution in [0.15, 0.2) is 164 Å². The number of para-hydroxylation sites is 3. The quantitative estimate of drug-likeness (QED) is 0.113. The zero-order valence-electron chi connectivity index (χ0n) is 55.2. The largest absolute Gasteiger partial charge is 2.00 e. The fourth-order valence-electron chi connectivity index (χ4n) is 8.94. The molecule has 6 nitrogen and oxygen atoms in total. The van der Waals surface area contributed by atoms with E-state index in [2.05, 4.69) is 43.9 Å². The fourth-order valence-corrected chi connectivity index (χ4v) is 8.94. The van der Waals surface area contributed by atoms with E-state index in [0.29, 0.717) is 28.3 Å². The van der Waals surface area contributed by atoms with Gasteiger partial charge in [0.05, 0.1) is 37.9 Å². The first-order valence-corrected chi connectivity index (χ1v) is 21.8. The van der Waals surface area contributed by atoms with Gasteiger partial charge in [-0.25, -0.2) is 4.98 Å². The summed E-state index contributed by atoms with van der Waals surface area (Å²) in [5, 5.41) is 1.77. The summed E-state index contributed by atoms with van der Waals surface area (Å²) < 4.78 is 162. The van der Waals surface area contributed by atoms with E-state index in [4.69, 9.17) is 23.4 Å². The molecule has 0 spiro atoms. The van der Waals surface area contributed by atoms with Crippen LogP contribution in [0.4, 0.5) is 22.7 Å². The number of benzene rings is 7. The molecule has 3 aromatic heterocycles. The van der Waals surface area contributed by atoms with Gasteiger partial charge in [0.25, 0.3) is 11.4 Å². The predicted octanol–water partition coefficient (Wildman–Crippen LogP) is 15.7. The molecular formula is C62H51N5OPt+2. The first-order valence-electron chi connectivity index (χ1n) is 30.3. The minimum atomic E-state index is -3.15. The summed E-state index contributed by atoms with van der Waals surface area (Å²) in [6.07, 6.45) is 5.27. The molecule has 1 aliphatic heterocycles. The number of hydrogen-bond donors (Lipinski definition) is 0. The zero-order valence-corrected chi connectivity index (χ0v) is 40.5. The molecule has 0 saturated heterocycles. The monoisotopic (exact) mass is 1090 g/mol. The molecule has 11 rings (SSSR count). The zero-order chi connectivity index (χ0) is 61.4. The Hall–Kier alpha value is -7.49. The van der Waals surface area contributed by atoms with Crippen LogP contribution in [0.1, 0.15) is 77.5 Å². The molecular weight excluding hydrogens is 1030 g/mol. The summed E-state index contributed by atoms with van der Waals surface area (Å²) >= 11 is 0. The van der Waals surface area contributed by atoms with Gasteiger partial charge in [0.15, 0.2) is 0 Å². The Labute approximate surface area is 442 Å². The predicted molar refractivity (Wildman–Crippen MR) is 280 cm³/mol. The molecule has 0 N–H and O–H groups in total. The Morgan fingerprint density at radius 2 is 1.33 bits per heavy atom. The molecule has 7 heteroatoms. The molecule has 0 aliphatic carbocycles. The van der Waals surface area contributed by atoms with Crippen LogP contribution < -0.4 is 13.9 Å². The number of hydrogen-bond acceptors (Lipinski definition) is 3. The molecule has 0 radical (unpaired) electrons. The van der Waals surface area contributed by atoms with E-state index < -0.39 is 119 Å². The Morgan fingerprint density at radius 1 is 0.667 bits per heavy atom. The summed E-state index contributed by atoms with van der Waals surface area (Å²) in [6, 6.07) is 24.0. The number of pyridine rings is 2. The summed E-state index contributed by atoms with van der Waals surface area (Å²) in [6.45, 7) is 6.03. The molecule has 0 unspecified atom stereocenters. The molecule has 0 fully saturated rings. The van der Waals surface area contributed by atoms with Crippen molar-refractivity contribution in [1.29, 1.82) is 0 Å². The fraction of sp³-hybridized carbons (Fsp3) is 0.145. The van der Waals surface area contributed by atoms with Crippen LogP contribution >= 0.6 is 0 Å². The van der Waals surface area contributed by atoms with Crippen molar-refractivity contribution in [2.45, 2.75) is 60.7 Å². The van der Waals surface area contributed by atoms with Crippen molar-refractivity contribution in [1.82, 2.24) is 23.7 Å². The first kappa shape index (κ1) is 29.4. The van der Waals surface area contributed by atoms with Gasteiger partial charge in [0.1, 0.15) is 11.5 Å². The third kappa shape index (κ3) is 8.35. The molecule has 4 heterocycles. The third-order valence-electron chi connectivity index (χ3n) is 11.9. The molecule has 0 saturated carbocycles. The molecule has 10 aromatic rings. The number of aromatic nitrogens is 3. The van der Waals surface area contributed by atoms with Crippen molar-refractivity contribution in [3.8, 4) is 50.7 Å². The van der Waals surface area contributed by atoms with Crippen molar-refractivity contribution >= 4 is 50.6 Å². The average molecular weight is 1090 g/mol. The van der Waals surface area contributed by atoms with E-state index in [1.165, 1.54) is 4.58 Å². The average Bonchev–Trinajstić information content (AvgIpc) is 1.23. The van der Waals surface area contributed by atoms with E-state index in [-0.39, 0.29) is 43.6 Å². The second-order valence-corrected chi connectivity index (χ2v) is 17.7. The molecule has 69 heavy (non-hydrogen) atoms. The topological polar surface area (TPSA) is 46.0 Å². The number of ether oxygens (including phenoxy) is 1. The number of rotatable bonds is 8. The number of aryl methyl sites for hydroxylation is 3. The van der Waals surface area contributed by atoms with Crippen LogP contribution in [0.25, 0.3) is 61.0 Å². The van der Waals surface area contributed by atoms with Crippen LogP contribution in [0.3, 0.4) is 0 Å². The van der Waals surface area contributed by atoms with E-state index in [1.54, 1.807) is 53.5 Å². The van der Waals surface area contributed by atoms with Gasteiger partial charge < -0.3 is 9.30 Å². The minimum Gasteiger partial charge on any atom is -0.509 e. The second-order valence-electron chi connectivity index (χ2n) is 17.7. The van der Waals surface area contributed by atoms with Gasteiger partial charge in [-0.15, -0.1) is 29.1 Å². The van der Waals surface area contributed by atoms with E-state index in [9.17, 15) is 9.60 Å². The minimum absolute atomic E-state index is 0. The second kappa shape index (κ2) is 17.9. The normalized spacial score (nSPS) is 16.1. The van der Waals surface area contributed by atoms with Crippen molar-refractivity contribution in [3.05, 3.63) is 209 Å². The third-order valence-corrected chi connectivity index (χ3v) is 11.9. The van der Waals surface area contributed by atoms with Crippen LogP contribution in [0.2, 0.25) is 0 Å². The van der Waals surface area contributed by atoms with Crippen LogP contribution in [0, 0.1) is 46.6 Å². The number of fused-ring (bicyclic) bond motifs is 4. The summed E-state index contributed by atoms with van der Waals surface area (Å²) in [4.78, 5) is 9.27. The van der Waals surface area contributed by atoms with Crippen molar-refractivity contribution in [2.75, 3.05) is 0 Å². The molecule has 0 bridgehead atoms. The van der Waals surface area contributed by atoms with Gasteiger partial charge in [-0.1, -0.05) is 138 Å². The summed E-state index contributed by atoms with van der Waals surface area (Å²) in [7, 11) is 0. The molecule has 1 aliphatic rings. The van der Waals surface area contributed by atoms with Gasteiger partial charge in [0.2, 0.25) is 5.69 Å². The standard InChI is InChI=1S/C62H51N5O.Pt/c1-39-16-20-44(21-17-39)51-12-11-13-52(45-22-18-40(2)19-23-45)61(51)66-38-65(55-14-9-10-15-56(55)66)48-32-46(60-42(4)30-41(3)31-43(60)5)33-50(35-48)68-49-24-25-53-54-27-28-63-37-58(54)67(57(53)36-49)59-34-47(26-29-64-59)62(6,7)8;/h9-34,37H,1-8H3;/q;+2/i1D3,2D3,11D,12D,13D,16D,17D,18D,19D,20D,21D,22D,23D;. The SMILES string of the molecule is [2H]c1c([2H])c(-c2c([2H])c([2H])c(C([2H])([2H])[2H])c([2H])c2[2H])c([N+]2=C=[N+](c3[c-]c(Oc4[c-]c5c(cc4)c4ccncc4n5-c4cc(C(C)(C)C)ccn4)cc(-c4c(C)cc(C)cc4C)c3)c3ccccc32)c(-c2c([2H])c([2H])c(C([2H])([2H])[2H])c([2H])c2[2H])c1[2H].[Pt+2]. The van der Waals surface area contributed by atoms with Gasteiger partial charge in [0, 0.05) is 44.2 Å². The van der Waals surface area contributed by atoms with Crippen molar-refractivity contribution < 1.29 is 49.1 Å². The maximum atomic E-state index is 9.59. The smallest absolute Gasteiger partial charge is 0.509 e. The summed E-state index contributed by atoms with van der Waals surface area (Å²) in [5.41, 5.74) is 2.65. The maximum absolute atomic E-state index is 9.59. The van der Waals surface area contributed by atoms with Crippen LogP contribution in [-0.2, 0) is 26.5 Å². The van der Waals surface area contributed by atoms with Crippen molar-refractivity contribution in [3.63, 3.8) is 0 Å². The Morgan fingerprint density at radius 3 is 1.99 bits per heavy atom. The van der Waals surface area contributed by atoms with E-state index in [1.807, 2.05) is 73.9 Å². The van der Waals surface area contributed by atoms with E-state index >= 15 is 0 Å². The van der Waals surface area contributed by atoms with Crippen LogP contribution in [0.5, 0.6) is 11.5 Å². The Bertz CT molecular complexity index is 4440. The van der Waals surface area contributed by atoms with Gasteiger partial charge in [-0.2, -0.15) is 6.07 Å². The summed E-state index contributed by atoms with van der Waals surface area (Å²) in [5.74, 6) is 1.15. The molecule has 338 valence electrons.